The summed E-state index contributed by atoms with van der Waals surface area (Å²) in [6.45, 7) is 12.8. The molecular weight excluding hydrogens is 440 g/mol. The molecule has 1 saturated heterocycles. The van der Waals surface area contributed by atoms with E-state index in [1.54, 1.807) is 0 Å². The Balaban J connectivity index is 1.41. The number of fused-ring (bicyclic) bond motifs is 7. The minimum Gasteiger partial charge on any atom is -0.481 e. The highest BCUT2D eigenvalue weighted by atomic mass is 16.6. The number of aliphatic hydroxyl groups excluding tert-OH is 2. The summed E-state index contributed by atoms with van der Waals surface area (Å²) in [5, 5.41) is 31.8. The molecule has 0 aromatic heterocycles. The van der Waals surface area contributed by atoms with Crippen LogP contribution in [-0.2, 0) is 9.53 Å². The zero-order valence-corrected chi connectivity index (χ0v) is 22.6. The van der Waals surface area contributed by atoms with Gasteiger partial charge in [0.15, 0.2) is 0 Å². The molecule has 0 amide bonds. The van der Waals surface area contributed by atoms with Crippen molar-refractivity contribution in [3.05, 3.63) is 0 Å². The van der Waals surface area contributed by atoms with E-state index in [2.05, 4.69) is 34.6 Å². The molecule has 5 nitrogen and oxygen atoms in total. The minimum absolute atomic E-state index is 0.0182. The fourth-order valence-electron chi connectivity index (χ4n) is 12.1. The molecule has 0 spiro atoms. The number of hydrogen-bond acceptors (Lipinski definition) is 4. The molecule has 1 aliphatic heterocycles. The van der Waals surface area contributed by atoms with Crippen molar-refractivity contribution in [2.45, 2.75) is 111 Å². The molecule has 35 heavy (non-hydrogen) atoms. The van der Waals surface area contributed by atoms with E-state index in [4.69, 9.17) is 4.74 Å². The first kappa shape index (κ1) is 24.7. The molecule has 5 heteroatoms. The van der Waals surface area contributed by atoms with Gasteiger partial charge in [-0.25, -0.2) is 0 Å². The number of carbonyl (C=O) groups is 1. The first-order chi connectivity index (χ1) is 16.3. The van der Waals surface area contributed by atoms with Crippen molar-refractivity contribution in [1.29, 1.82) is 0 Å². The van der Waals surface area contributed by atoms with Crippen molar-refractivity contribution in [3.63, 3.8) is 0 Å². The first-order valence-electron chi connectivity index (χ1n) is 14.5. The van der Waals surface area contributed by atoms with Gasteiger partial charge in [0.1, 0.15) is 5.60 Å². The third-order valence-corrected chi connectivity index (χ3v) is 14.3. The summed E-state index contributed by atoms with van der Waals surface area (Å²) >= 11 is 0. The molecule has 198 valence electrons. The van der Waals surface area contributed by atoms with Gasteiger partial charge in [-0.3, -0.25) is 4.79 Å². The second-order valence-electron chi connectivity index (χ2n) is 15.2. The van der Waals surface area contributed by atoms with Gasteiger partial charge < -0.3 is 20.1 Å². The molecule has 5 saturated carbocycles. The second-order valence-corrected chi connectivity index (χ2v) is 15.2. The molecule has 0 radical (unpaired) electrons. The van der Waals surface area contributed by atoms with Gasteiger partial charge in [0.25, 0.3) is 0 Å². The van der Waals surface area contributed by atoms with Crippen LogP contribution in [0.15, 0.2) is 0 Å². The van der Waals surface area contributed by atoms with E-state index < -0.39 is 17.0 Å². The van der Waals surface area contributed by atoms with Gasteiger partial charge in [-0.2, -0.15) is 0 Å². The van der Waals surface area contributed by atoms with Crippen LogP contribution in [0.2, 0.25) is 0 Å². The van der Waals surface area contributed by atoms with E-state index in [-0.39, 0.29) is 46.2 Å². The number of carboxylic acids is 1. The number of rotatable bonds is 3. The van der Waals surface area contributed by atoms with E-state index >= 15 is 0 Å². The van der Waals surface area contributed by atoms with Crippen LogP contribution in [0.25, 0.3) is 0 Å². The normalized spacial score (nSPS) is 58.5. The lowest BCUT2D eigenvalue weighted by Crippen LogP contribution is -2.67. The zero-order valence-electron chi connectivity index (χ0n) is 22.6. The predicted molar refractivity (Wildman–Crippen MR) is 134 cm³/mol. The van der Waals surface area contributed by atoms with Gasteiger partial charge in [-0.1, -0.05) is 34.6 Å². The Bertz CT molecular complexity index is 910. The minimum atomic E-state index is -0.649. The highest BCUT2D eigenvalue weighted by Crippen LogP contribution is 2.78. The second kappa shape index (κ2) is 7.26. The van der Waals surface area contributed by atoms with Crippen LogP contribution in [0.5, 0.6) is 0 Å². The summed E-state index contributed by atoms with van der Waals surface area (Å²) in [6, 6.07) is 0. The number of ether oxygens (including phenoxy) is 1. The number of aliphatic hydroxyl groups is 2. The monoisotopic (exact) mass is 488 g/mol. The molecule has 6 aliphatic rings. The topological polar surface area (TPSA) is 90.3 Å². The van der Waals surface area contributed by atoms with Crippen LogP contribution in [0.3, 0.4) is 0 Å². The number of hydrogen-bond donors (Lipinski definition) is 3. The Hall–Kier alpha value is -0.650. The largest absolute Gasteiger partial charge is 0.481 e. The zero-order chi connectivity index (χ0) is 25.2. The van der Waals surface area contributed by atoms with E-state index in [0.29, 0.717) is 24.4 Å². The summed E-state index contributed by atoms with van der Waals surface area (Å²) < 4.78 is 5.90. The van der Waals surface area contributed by atoms with Crippen LogP contribution < -0.4 is 0 Å². The van der Waals surface area contributed by atoms with Gasteiger partial charge in [0.2, 0.25) is 0 Å². The third kappa shape index (κ3) is 2.79. The van der Waals surface area contributed by atoms with Gasteiger partial charge in [0.05, 0.1) is 24.7 Å². The molecule has 11 atom stereocenters. The van der Waals surface area contributed by atoms with Crippen LogP contribution in [0.1, 0.15) is 98.8 Å². The van der Waals surface area contributed by atoms with Crippen molar-refractivity contribution in [1.82, 2.24) is 0 Å². The Kier molecular flexibility index (Phi) is 5.12. The lowest BCUT2D eigenvalue weighted by atomic mass is 9.32. The number of epoxide rings is 1. The molecule has 5 aliphatic carbocycles. The highest BCUT2D eigenvalue weighted by Gasteiger charge is 2.74. The van der Waals surface area contributed by atoms with E-state index in [9.17, 15) is 20.1 Å². The summed E-state index contributed by atoms with van der Waals surface area (Å²) in [5.74, 6) is 1.17. The van der Waals surface area contributed by atoms with Crippen LogP contribution in [0.4, 0.5) is 0 Å². The van der Waals surface area contributed by atoms with E-state index in [1.165, 1.54) is 12.8 Å². The Labute approximate surface area is 211 Å². The smallest absolute Gasteiger partial charge is 0.309 e. The summed E-state index contributed by atoms with van der Waals surface area (Å²) in [5.41, 5.74) is -0.693. The average Bonchev–Trinajstić information content (AvgIpc) is 3.49. The Morgan fingerprint density at radius 3 is 2.17 bits per heavy atom. The summed E-state index contributed by atoms with van der Waals surface area (Å²) in [7, 11) is 0. The van der Waals surface area contributed by atoms with Crippen LogP contribution in [0, 0.1) is 56.7 Å². The van der Waals surface area contributed by atoms with Gasteiger partial charge in [-0.05, 0) is 115 Å². The van der Waals surface area contributed by atoms with Crippen molar-refractivity contribution >= 4 is 5.97 Å². The predicted octanol–water partition coefficient (Wildman–Crippen LogP) is 5.27. The molecular formula is C30H48O5. The summed E-state index contributed by atoms with van der Waals surface area (Å²) in [4.78, 5) is 12.9. The fourth-order valence-corrected chi connectivity index (χ4v) is 12.1. The molecule has 0 aromatic carbocycles. The van der Waals surface area contributed by atoms with Gasteiger partial charge >= 0.3 is 5.97 Å². The lowest BCUT2D eigenvalue weighted by molar-refractivity contribution is -0.250. The lowest BCUT2D eigenvalue weighted by Gasteiger charge is -2.72. The number of aliphatic carboxylic acids is 1. The third-order valence-electron chi connectivity index (χ3n) is 14.3. The van der Waals surface area contributed by atoms with E-state index in [1.807, 2.05) is 0 Å². The molecule has 0 aromatic rings. The maximum atomic E-state index is 12.9. The van der Waals surface area contributed by atoms with Crippen LogP contribution >= 0.6 is 0 Å². The quantitative estimate of drug-likeness (QED) is 0.471. The highest BCUT2D eigenvalue weighted by molar-refractivity contribution is 5.76. The SMILES string of the molecule is CC1(C)[C@H](O)CC[C@]2(C)[C@H]3CCC4[C@@H]5[C@H]([C@]6(CO)CO6)CC[C@]5(C(=O)O)CC[C@@]4(C)[C@]3(C)CC[C@@H]12. The first-order valence-corrected chi connectivity index (χ1v) is 14.5. The fraction of sp³-hybridized carbons (Fsp3) is 0.967. The van der Waals surface area contributed by atoms with Crippen molar-refractivity contribution in [2.75, 3.05) is 13.2 Å². The van der Waals surface area contributed by atoms with Gasteiger partial charge in [-0.15, -0.1) is 0 Å². The van der Waals surface area contributed by atoms with Crippen molar-refractivity contribution in [3.8, 4) is 0 Å². The molecule has 1 heterocycles. The van der Waals surface area contributed by atoms with Crippen LogP contribution in [-0.4, -0.2) is 46.2 Å². The molecule has 3 N–H and O–H groups in total. The Morgan fingerprint density at radius 2 is 1.54 bits per heavy atom. The maximum Gasteiger partial charge on any atom is 0.309 e. The van der Waals surface area contributed by atoms with E-state index in [0.717, 1.165) is 51.4 Å². The van der Waals surface area contributed by atoms with Crippen molar-refractivity contribution in [2.24, 2.45) is 56.7 Å². The molecule has 6 rings (SSSR count). The average molecular weight is 489 g/mol. The van der Waals surface area contributed by atoms with Crippen molar-refractivity contribution < 1.29 is 24.9 Å². The molecule has 0 bridgehead atoms. The Morgan fingerprint density at radius 1 is 0.829 bits per heavy atom. The number of carboxylic acid groups (broad SMARTS) is 1. The molecule has 1 unspecified atom stereocenters. The van der Waals surface area contributed by atoms with Gasteiger partial charge in [0, 0.05) is 0 Å². The standard InChI is InChI=1S/C30H48O5/c1-25(2)20-9-12-28(5)21(26(20,3)11-10-22(25)32)7-6-18-23-19(30(16-31)17-35-30)8-13-29(23,24(33)34)15-14-27(18,28)4/h18-23,31-32H,6-17H2,1-5H3,(H,33,34)/t18?,19-,20+,21-,22-,23-,26+,27-,28-,29+,30+/m1/s1. The molecule has 6 fully saturated rings. The maximum absolute atomic E-state index is 12.9. The summed E-state index contributed by atoms with van der Waals surface area (Å²) in [6.07, 6.45) is 9.78.